The molecule has 7 heteroatoms. The first kappa shape index (κ1) is 18.3. The summed E-state index contributed by atoms with van der Waals surface area (Å²) in [5.41, 5.74) is 3.36. The maximum Gasteiger partial charge on any atom is 0.228 e. The predicted molar refractivity (Wildman–Crippen MR) is 105 cm³/mol. The van der Waals surface area contributed by atoms with E-state index < -0.39 is 0 Å². The van der Waals surface area contributed by atoms with Crippen molar-refractivity contribution < 1.29 is 9.53 Å². The number of hydrogen-bond acceptors (Lipinski definition) is 4. The molecule has 1 aromatic carbocycles. The summed E-state index contributed by atoms with van der Waals surface area (Å²) in [6.45, 7) is 5.80. The lowest BCUT2D eigenvalue weighted by Crippen LogP contribution is -2.50. The van der Waals surface area contributed by atoms with Crippen molar-refractivity contribution in [2.75, 3.05) is 37.7 Å². The van der Waals surface area contributed by atoms with E-state index in [1.165, 1.54) is 5.56 Å². The van der Waals surface area contributed by atoms with Gasteiger partial charge in [-0.15, -0.1) is 0 Å². The Morgan fingerprint density at radius 3 is 2.74 bits per heavy atom. The van der Waals surface area contributed by atoms with Gasteiger partial charge in [0.2, 0.25) is 5.91 Å². The Labute approximate surface area is 164 Å². The Kier molecular flexibility index (Phi) is 5.10. The number of ether oxygens (including phenoxy) is 1. The predicted octanol–water partition coefficient (Wildman–Crippen LogP) is 2.81. The minimum atomic E-state index is -0.181. The van der Waals surface area contributed by atoms with E-state index in [2.05, 4.69) is 16.9 Å². The molecule has 0 radical (unpaired) electrons. The third-order valence-electron chi connectivity index (χ3n) is 5.57. The number of carbonyl (C=O) groups excluding carboxylic acids is 1. The minimum Gasteiger partial charge on any atom is -0.373 e. The number of benzene rings is 1. The van der Waals surface area contributed by atoms with Gasteiger partial charge < -0.3 is 14.5 Å². The molecule has 2 aromatic rings. The molecule has 2 atom stereocenters. The van der Waals surface area contributed by atoms with Crippen molar-refractivity contribution in [3.05, 3.63) is 46.7 Å². The first-order chi connectivity index (χ1) is 13.0. The molecular formula is C20H25ClN4O2. The molecule has 0 saturated carbocycles. The van der Waals surface area contributed by atoms with Crippen molar-refractivity contribution in [3.63, 3.8) is 0 Å². The molecule has 2 aliphatic rings. The quantitative estimate of drug-likeness (QED) is 0.811. The van der Waals surface area contributed by atoms with E-state index in [9.17, 15) is 4.79 Å². The van der Waals surface area contributed by atoms with Crippen LogP contribution in [0.4, 0.5) is 5.69 Å². The van der Waals surface area contributed by atoms with Crippen molar-refractivity contribution in [3.8, 4) is 0 Å². The third kappa shape index (κ3) is 3.69. The van der Waals surface area contributed by atoms with Gasteiger partial charge in [0.1, 0.15) is 0 Å². The van der Waals surface area contributed by atoms with Crippen molar-refractivity contribution in [1.29, 1.82) is 0 Å². The molecule has 1 aromatic heterocycles. The molecule has 2 aliphatic heterocycles. The van der Waals surface area contributed by atoms with Gasteiger partial charge in [0.25, 0.3) is 0 Å². The molecule has 4 rings (SSSR count). The van der Waals surface area contributed by atoms with E-state index in [1.54, 1.807) is 10.9 Å². The molecule has 6 nitrogen and oxygen atoms in total. The largest absolute Gasteiger partial charge is 0.373 e. The Morgan fingerprint density at radius 1 is 1.26 bits per heavy atom. The van der Waals surface area contributed by atoms with Gasteiger partial charge >= 0.3 is 0 Å². The van der Waals surface area contributed by atoms with Gasteiger partial charge in [-0.3, -0.25) is 9.48 Å². The van der Waals surface area contributed by atoms with Gasteiger partial charge in [-0.1, -0.05) is 17.7 Å². The van der Waals surface area contributed by atoms with Gasteiger partial charge in [-0.25, -0.2) is 0 Å². The highest BCUT2D eigenvalue weighted by atomic mass is 35.5. The van der Waals surface area contributed by atoms with Gasteiger partial charge in [0, 0.05) is 62.3 Å². The molecule has 0 N–H and O–H groups in total. The molecule has 1 amide bonds. The van der Waals surface area contributed by atoms with E-state index in [1.807, 2.05) is 36.3 Å². The van der Waals surface area contributed by atoms with Crippen LogP contribution in [0.5, 0.6) is 0 Å². The first-order valence-corrected chi connectivity index (χ1v) is 9.81. The van der Waals surface area contributed by atoms with Crippen LogP contribution in [0.15, 0.2) is 30.6 Å². The van der Waals surface area contributed by atoms with Crippen LogP contribution in [0.1, 0.15) is 23.7 Å². The molecule has 27 heavy (non-hydrogen) atoms. The molecule has 0 unspecified atom stereocenters. The summed E-state index contributed by atoms with van der Waals surface area (Å²) in [5.74, 6) is 0.0810. The molecule has 3 heterocycles. The number of hydrogen-bond donors (Lipinski definition) is 0. The maximum absolute atomic E-state index is 13.1. The molecular weight excluding hydrogens is 364 g/mol. The van der Waals surface area contributed by atoms with Gasteiger partial charge in [-0.05, 0) is 31.0 Å². The second-order valence-electron chi connectivity index (χ2n) is 7.38. The zero-order valence-corrected chi connectivity index (χ0v) is 16.5. The topological polar surface area (TPSA) is 50.6 Å². The number of nitrogens with zero attached hydrogens (tertiary/aromatic N) is 4. The Hall–Kier alpha value is -2.05. The monoisotopic (exact) mass is 388 g/mol. The van der Waals surface area contributed by atoms with Crippen molar-refractivity contribution in [2.24, 2.45) is 13.0 Å². The lowest BCUT2D eigenvalue weighted by molar-refractivity contribution is -0.137. The highest BCUT2D eigenvalue weighted by Crippen LogP contribution is 2.36. The smallest absolute Gasteiger partial charge is 0.228 e. The van der Waals surface area contributed by atoms with Gasteiger partial charge in [0.15, 0.2) is 0 Å². The zero-order valence-electron chi connectivity index (χ0n) is 15.8. The van der Waals surface area contributed by atoms with Crippen LogP contribution in [0.2, 0.25) is 5.02 Å². The normalized spacial score (nSPS) is 23.1. The number of rotatable bonds is 3. The van der Waals surface area contributed by atoms with Crippen molar-refractivity contribution in [2.45, 2.75) is 19.4 Å². The summed E-state index contributed by atoms with van der Waals surface area (Å²) in [7, 11) is 1.88. The number of amides is 1. The number of carbonyl (C=O) groups is 1. The van der Waals surface area contributed by atoms with Gasteiger partial charge in [0.05, 0.1) is 18.2 Å². The number of halogens is 1. The summed E-state index contributed by atoms with van der Waals surface area (Å²) in [4.78, 5) is 17.4. The fraction of sp³-hybridized carbons (Fsp3) is 0.500. The summed E-state index contributed by atoms with van der Waals surface area (Å²) in [6.07, 6.45) is 4.33. The molecule has 0 spiro atoms. The summed E-state index contributed by atoms with van der Waals surface area (Å²) in [5, 5.41) is 4.97. The van der Waals surface area contributed by atoms with Crippen LogP contribution in [0.3, 0.4) is 0 Å². The van der Waals surface area contributed by atoms with E-state index in [-0.39, 0.29) is 17.9 Å². The Bertz CT molecular complexity index is 829. The second-order valence-corrected chi connectivity index (χ2v) is 7.81. The van der Waals surface area contributed by atoms with Crippen LogP contribution in [0.25, 0.3) is 0 Å². The minimum absolute atomic E-state index is 0.117. The standard InChI is InChI=1S/C20H25ClN4O2/c1-14-3-4-16(21)11-18(14)24-6-8-25(9-7-24)20(26)17-5-10-27-19(17)15-12-22-23(2)13-15/h3-4,11-13,17,19H,5-10H2,1-2H3/t17-,19+/m0/s1. The molecule has 0 bridgehead atoms. The first-order valence-electron chi connectivity index (χ1n) is 9.43. The van der Waals surface area contributed by atoms with E-state index in [0.717, 1.165) is 48.9 Å². The Balaban J connectivity index is 1.42. The zero-order chi connectivity index (χ0) is 19.0. The Morgan fingerprint density at radius 2 is 2.04 bits per heavy atom. The fourth-order valence-electron chi connectivity index (χ4n) is 4.08. The van der Waals surface area contributed by atoms with Gasteiger partial charge in [-0.2, -0.15) is 5.10 Å². The third-order valence-corrected chi connectivity index (χ3v) is 5.80. The summed E-state index contributed by atoms with van der Waals surface area (Å²) >= 11 is 6.17. The highest BCUT2D eigenvalue weighted by Gasteiger charge is 2.39. The molecule has 144 valence electrons. The van der Waals surface area contributed by atoms with Crippen molar-refractivity contribution >= 4 is 23.2 Å². The highest BCUT2D eigenvalue weighted by molar-refractivity contribution is 6.30. The van der Waals surface area contributed by atoms with Crippen LogP contribution in [-0.2, 0) is 16.6 Å². The fourth-order valence-corrected chi connectivity index (χ4v) is 4.25. The molecule has 2 fully saturated rings. The number of aromatic nitrogens is 2. The number of aryl methyl sites for hydroxylation is 2. The van der Waals surface area contributed by atoms with Crippen molar-refractivity contribution in [1.82, 2.24) is 14.7 Å². The van der Waals surface area contributed by atoms with E-state index in [0.29, 0.717) is 6.61 Å². The SMILES string of the molecule is Cc1ccc(Cl)cc1N1CCN(C(=O)[C@H]2CCO[C@@H]2c2cnn(C)c2)CC1. The van der Waals surface area contributed by atoms with E-state index in [4.69, 9.17) is 16.3 Å². The van der Waals surface area contributed by atoms with Crippen LogP contribution < -0.4 is 4.90 Å². The van der Waals surface area contributed by atoms with E-state index >= 15 is 0 Å². The lowest BCUT2D eigenvalue weighted by Gasteiger charge is -2.38. The lowest BCUT2D eigenvalue weighted by atomic mass is 9.95. The number of piperazine rings is 1. The molecule has 2 saturated heterocycles. The summed E-state index contributed by atoms with van der Waals surface area (Å²) in [6, 6.07) is 5.97. The maximum atomic E-state index is 13.1. The molecule has 0 aliphatic carbocycles. The number of anilines is 1. The average Bonchev–Trinajstić information content (AvgIpc) is 3.32. The van der Waals surface area contributed by atoms with Crippen LogP contribution in [-0.4, -0.2) is 53.4 Å². The summed E-state index contributed by atoms with van der Waals surface area (Å²) < 4.78 is 7.62. The average molecular weight is 389 g/mol. The van der Waals surface area contributed by atoms with Crippen LogP contribution in [0, 0.1) is 12.8 Å². The van der Waals surface area contributed by atoms with Crippen LogP contribution >= 0.6 is 11.6 Å². The second kappa shape index (κ2) is 7.52.